The maximum atomic E-state index is 6.31. The first-order valence-corrected chi connectivity index (χ1v) is 9.23. The molecule has 1 heterocycles. The smallest absolute Gasteiger partial charge is 0.0334 e. The number of likely N-dealkylation sites (tertiary alicyclic amines) is 1. The highest BCUT2D eigenvalue weighted by Gasteiger charge is 2.42. The quantitative estimate of drug-likeness (QED) is 0.841. The molecule has 0 aromatic heterocycles. The van der Waals surface area contributed by atoms with E-state index in [0.717, 1.165) is 24.3 Å². The Bertz CT molecular complexity index is 323. The zero-order valence-electron chi connectivity index (χ0n) is 15.1. The fraction of sp³-hybridized carbons (Fsp3) is 1.00. The molecule has 2 unspecified atom stereocenters. The maximum Gasteiger partial charge on any atom is 0.0334 e. The Morgan fingerprint density at radius 3 is 2.24 bits per heavy atom. The highest BCUT2D eigenvalue weighted by atomic mass is 15.2. The first kappa shape index (κ1) is 17.3. The molecule has 1 aliphatic heterocycles. The summed E-state index contributed by atoms with van der Waals surface area (Å²) in [7, 11) is 0. The molecule has 2 heteroatoms. The predicted octanol–water partition coefficient (Wildman–Crippen LogP) is 4.29. The molecule has 0 amide bonds. The molecule has 0 spiro atoms. The molecule has 2 rings (SSSR count). The van der Waals surface area contributed by atoms with Gasteiger partial charge >= 0.3 is 0 Å². The third-order valence-electron chi connectivity index (χ3n) is 6.57. The average Bonchev–Trinajstić information content (AvgIpc) is 2.46. The topological polar surface area (TPSA) is 29.3 Å². The van der Waals surface area contributed by atoms with Crippen molar-refractivity contribution < 1.29 is 0 Å². The summed E-state index contributed by atoms with van der Waals surface area (Å²) in [5, 5.41) is 0. The van der Waals surface area contributed by atoms with Gasteiger partial charge in [-0.3, -0.25) is 4.90 Å². The first-order valence-electron chi connectivity index (χ1n) is 9.23. The lowest BCUT2D eigenvalue weighted by atomic mass is 9.69. The number of hydrogen-bond donors (Lipinski definition) is 1. The van der Waals surface area contributed by atoms with Crippen molar-refractivity contribution in [3.8, 4) is 0 Å². The molecule has 2 aliphatic rings. The van der Waals surface area contributed by atoms with Gasteiger partial charge in [-0.15, -0.1) is 0 Å². The van der Waals surface area contributed by atoms with E-state index in [2.05, 4.69) is 39.5 Å². The molecule has 2 fully saturated rings. The fourth-order valence-corrected chi connectivity index (χ4v) is 4.78. The van der Waals surface area contributed by atoms with Gasteiger partial charge in [0.2, 0.25) is 0 Å². The van der Waals surface area contributed by atoms with Crippen LogP contribution in [0.25, 0.3) is 0 Å². The van der Waals surface area contributed by atoms with E-state index in [0.29, 0.717) is 11.0 Å². The van der Waals surface area contributed by atoms with E-state index < -0.39 is 0 Å². The highest BCUT2D eigenvalue weighted by molar-refractivity contribution is 4.99. The van der Waals surface area contributed by atoms with Crippen molar-refractivity contribution in [1.82, 2.24) is 4.90 Å². The van der Waals surface area contributed by atoms with Gasteiger partial charge in [-0.1, -0.05) is 47.5 Å². The van der Waals surface area contributed by atoms with Crippen LogP contribution in [0.15, 0.2) is 0 Å². The molecule has 1 saturated heterocycles. The number of nitrogens with zero attached hydrogens (tertiary/aromatic N) is 1. The van der Waals surface area contributed by atoms with E-state index in [9.17, 15) is 0 Å². The number of piperidine rings is 1. The van der Waals surface area contributed by atoms with Gasteiger partial charge in [0.05, 0.1) is 0 Å². The fourth-order valence-electron chi connectivity index (χ4n) is 4.78. The molecular formula is C19H38N2. The summed E-state index contributed by atoms with van der Waals surface area (Å²) in [6.45, 7) is 15.4. The van der Waals surface area contributed by atoms with Crippen LogP contribution in [0.3, 0.4) is 0 Å². The minimum Gasteiger partial charge on any atom is -0.329 e. The third-order valence-corrected chi connectivity index (χ3v) is 6.57. The molecule has 1 aliphatic carbocycles. The average molecular weight is 295 g/mol. The Balaban J connectivity index is 2.02. The van der Waals surface area contributed by atoms with E-state index in [1.165, 1.54) is 51.6 Å². The first-order chi connectivity index (χ1) is 9.78. The van der Waals surface area contributed by atoms with Crippen molar-refractivity contribution in [1.29, 1.82) is 0 Å². The molecule has 124 valence electrons. The molecule has 2 nitrogen and oxygen atoms in total. The minimum absolute atomic E-state index is 0.316. The van der Waals surface area contributed by atoms with Crippen molar-refractivity contribution in [2.45, 2.75) is 78.7 Å². The van der Waals surface area contributed by atoms with Gasteiger partial charge in [0, 0.05) is 12.1 Å². The van der Waals surface area contributed by atoms with Crippen LogP contribution in [0.1, 0.15) is 73.1 Å². The van der Waals surface area contributed by atoms with Crippen LogP contribution in [0, 0.1) is 23.2 Å². The van der Waals surface area contributed by atoms with Crippen LogP contribution in [-0.2, 0) is 0 Å². The van der Waals surface area contributed by atoms with Crippen LogP contribution in [0.5, 0.6) is 0 Å². The molecule has 0 aromatic rings. The molecule has 2 N–H and O–H groups in total. The SMILES string of the molecule is CC(C)C1CCCC(CN)(N2CCC(C(C)(C)C)CC2)C1. The Hall–Kier alpha value is -0.0800. The maximum absolute atomic E-state index is 6.31. The summed E-state index contributed by atoms with van der Waals surface area (Å²) < 4.78 is 0. The van der Waals surface area contributed by atoms with E-state index in [-0.39, 0.29) is 0 Å². The van der Waals surface area contributed by atoms with Gasteiger partial charge in [-0.2, -0.15) is 0 Å². The summed E-state index contributed by atoms with van der Waals surface area (Å²) >= 11 is 0. The zero-order chi connectivity index (χ0) is 15.7. The molecule has 0 radical (unpaired) electrons. The molecular weight excluding hydrogens is 256 g/mol. The summed E-state index contributed by atoms with van der Waals surface area (Å²) in [5.74, 6) is 2.57. The van der Waals surface area contributed by atoms with Crippen molar-refractivity contribution in [3.63, 3.8) is 0 Å². The van der Waals surface area contributed by atoms with Crippen LogP contribution < -0.4 is 5.73 Å². The Morgan fingerprint density at radius 1 is 1.14 bits per heavy atom. The van der Waals surface area contributed by atoms with Crippen molar-refractivity contribution >= 4 is 0 Å². The summed E-state index contributed by atoms with van der Waals surface area (Å²) in [5.41, 5.74) is 7.09. The normalized spacial score (nSPS) is 33.6. The second-order valence-electron chi connectivity index (χ2n) is 9.16. The predicted molar refractivity (Wildman–Crippen MR) is 92.3 cm³/mol. The second-order valence-corrected chi connectivity index (χ2v) is 9.16. The zero-order valence-corrected chi connectivity index (χ0v) is 15.1. The van der Waals surface area contributed by atoms with Crippen molar-refractivity contribution in [2.24, 2.45) is 28.9 Å². The van der Waals surface area contributed by atoms with Crippen molar-refractivity contribution in [3.05, 3.63) is 0 Å². The van der Waals surface area contributed by atoms with Crippen molar-refractivity contribution in [2.75, 3.05) is 19.6 Å². The Kier molecular flexibility index (Phi) is 5.41. The summed E-state index contributed by atoms with van der Waals surface area (Å²) in [6.07, 6.45) is 8.17. The van der Waals surface area contributed by atoms with Gasteiger partial charge in [0.25, 0.3) is 0 Å². The van der Waals surface area contributed by atoms with Gasteiger partial charge in [-0.05, 0) is 61.9 Å². The third kappa shape index (κ3) is 3.82. The Morgan fingerprint density at radius 2 is 1.76 bits per heavy atom. The molecule has 0 bridgehead atoms. The molecule has 2 atom stereocenters. The largest absolute Gasteiger partial charge is 0.329 e. The van der Waals surface area contributed by atoms with Crippen LogP contribution in [-0.4, -0.2) is 30.1 Å². The molecule has 0 aromatic carbocycles. The van der Waals surface area contributed by atoms with Gasteiger partial charge in [0.1, 0.15) is 0 Å². The van der Waals surface area contributed by atoms with Gasteiger partial charge in [-0.25, -0.2) is 0 Å². The monoisotopic (exact) mass is 294 g/mol. The highest BCUT2D eigenvalue weighted by Crippen LogP contribution is 2.43. The Labute approximate surface area is 132 Å². The number of rotatable bonds is 3. The standard InChI is InChI=1S/C19H38N2/c1-15(2)16-7-6-10-19(13-16,14-20)21-11-8-17(9-12-21)18(3,4)5/h15-17H,6-14,20H2,1-5H3. The molecule has 21 heavy (non-hydrogen) atoms. The van der Waals surface area contributed by atoms with Crippen LogP contribution >= 0.6 is 0 Å². The van der Waals surface area contributed by atoms with Crippen LogP contribution in [0.4, 0.5) is 0 Å². The lowest BCUT2D eigenvalue weighted by Crippen LogP contribution is -2.59. The molecule has 1 saturated carbocycles. The van der Waals surface area contributed by atoms with Gasteiger partial charge < -0.3 is 5.73 Å². The van der Waals surface area contributed by atoms with Crippen LogP contribution in [0.2, 0.25) is 0 Å². The minimum atomic E-state index is 0.316. The number of nitrogens with two attached hydrogens (primary N) is 1. The van der Waals surface area contributed by atoms with E-state index in [4.69, 9.17) is 5.73 Å². The van der Waals surface area contributed by atoms with E-state index >= 15 is 0 Å². The lowest BCUT2D eigenvalue weighted by molar-refractivity contribution is -0.0113. The summed E-state index contributed by atoms with van der Waals surface area (Å²) in [4.78, 5) is 2.78. The number of hydrogen-bond acceptors (Lipinski definition) is 2. The lowest BCUT2D eigenvalue weighted by Gasteiger charge is -2.52. The van der Waals surface area contributed by atoms with E-state index in [1.54, 1.807) is 0 Å². The van der Waals surface area contributed by atoms with E-state index in [1.807, 2.05) is 0 Å². The second kappa shape index (κ2) is 6.58. The summed E-state index contributed by atoms with van der Waals surface area (Å²) in [6, 6.07) is 0. The van der Waals surface area contributed by atoms with Gasteiger partial charge in [0.15, 0.2) is 0 Å².